The highest BCUT2D eigenvalue weighted by Gasteiger charge is 2.24. The first-order chi connectivity index (χ1) is 10.7. The van der Waals surface area contributed by atoms with Crippen molar-refractivity contribution in [1.29, 1.82) is 0 Å². The Bertz CT molecular complexity index is 510. The first kappa shape index (κ1) is 15.3. The van der Waals surface area contributed by atoms with Gasteiger partial charge in [-0.05, 0) is 62.0 Å². The van der Waals surface area contributed by atoms with Crippen molar-refractivity contribution < 1.29 is 9.90 Å². The molecule has 0 heterocycles. The van der Waals surface area contributed by atoms with E-state index in [0.29, 0.717) is 5.92 Å². The van der Waals surface area contributed by atoms with Crippen LogP contribution in [-0.4, -0.2) is 29.8 Å². The van der Waals surface area contributed by atoms with Crippen LogP contribution in [0.3, 0.4) is 0 Å². The fraction of sp³-hybridized carbons (Fsp3) is 0.611. The molecule has 4 heteroatoms. The lowest BCUT2D eigenvalue weighted by Gasteiger charge is -2.30. The monoisotopic (exact) mass is 302 g/mol. The number of rotatable bonds is 3. The second kappa shape index (κ2) is 7.14. The Morgan fingerprint density at radius 2 is 1.68 bits per heavy atom. The zero-order chi connectivity index (χ0) is 15.4. The summed E-state index contributed by atoms with van der Waals surface area (Å²) in [6.45, 7) is 0.278. The van der Waals surface area contributed by atoms with Gasteiger partial charge >= 0.3 is 6.03 Å². The molecule has 1 fully saturated rings. The van der Waals surface area contributed by atoms with E-state index >= 15 is 0 Å². The van der Waals surface area contributed by atoms with Gasteiger partial charge in [0.1, 0.15) is 0 Å². The second-order valence-corrected chi connectivity index (χ2v) is 6.73. The molecule has 0 aliphatic heterocycles. The van der Waals surface area contributed by atoms with Crippen molar-refractivity contribution in [2.24, 2.45) is 5.92 Å². The van der Waals surface area contributed by atoms with Gasteiger partial charge in [0.15, 0.2) is 0 Å². The van der Waals surface area contributed by atoms with Gasteiger partial charge in [0, 0.05) is 18.7 Å². The fourth-order valence-electron chi connectivity index (χ4n) is 3.72. The minimum atomic E-state index is -0.0307. The van der Waals surface area contributed by atoms with Gasteiger partial charge in [-0.15, -0.1) is 0 Å². The molecule has 1 atom stereocenters. The zero-order valence-electron chi connectivity index (χ0n) is 13.1. The van der Waals surface area contributed by atoms with Gasteiger partial charge in [-0.1, -0.05) is 24.3 Å². The van der Waals surface area contributed by atoms with Crippen molar-refractivity contribution in [1.82, 2.24) is 10.6 Å². The van der Waals surface area contributed by atoms with E-state index in [4.69, 9.17) is 5.11 Å². The zero-order valence-corrected chi connectivity index (χ0v) is 13.1. The lowest BCUT2D eigenvalue weighted by molar-refractivity contribution is 0.174. The van der Waals surface area contributed by atoms with Crippen molar-refractivity contribution in [3.8, 4) is 0 Å². The molecule has 1 unspecified atom stereocenters. The third-order valence-corrected chi connectivity index (χ3v) is 5.12. The van der Waals surface area contributed by atoms with Crippen molar-refractivity contribution in [3.05, 3.63) is 35.4 Å². The Morgan fingerprint density at radius 1 is 1.00 bits per heavy atom. The molecule has 2 aliphatic rings. The van der Waals surface area contributed by atoms with Crippen LogP contribution in [0.5, 0.6) is 0 Å². The summed E-state index contributed by atoms with van der Waals surface area (Å²) >= 11 is 0. The summed E-state index contributed by atoms with van der Waals surface area (Å²) in [5.41, 5.74) is 2.78. The van der Waals surface area contributed by atoms with Crippen molar-refractivity contribution in [2.75, 3.05) is 6.61 Å². The Morgan fingerprint density at radius 3 is 2.41 bits per heavy atom. The lowest BCUT2D eigenvalue weighted by Crippen LogP contribution is -2.48. The molecule has 0 aromatic heterocycles. The summed E-state index contributed by atoms with van der Waals surface area (Å²) in [4.78, 5) is 12.2. The number of aryl methyl sites for hydroxylation is 1. The van der Waals surface area contributed by atoms with Crippen LogP contribution in [0, 0.1) is 5.92 Å². The smallest absolute Gasteiger partial charge is 0.315 e. The lowest BCUT2D eigenvalue weighted by atomic mass is 9.86. The molecule has 3 rings (SSSR count). The van der Waals surface area contributed by atoms with E-state index in [1.807, 2.05) is 0 Å². The third-order valence-electron chi connectivity index (χ3n) is 5.12. The van der Waals surface area contributed by atoms with Crippen molar-refractivity contribution in [2.45, 2.75) is 57.0 Å². The highest BCUT2D eigenvalue weighted by Crippen LogP contribution is 2.24. The van der Waals surface area contributed by atoms with Crippen LogP contribution in [0.4, 0.5) is 4.79 Å². The van der Waals surface area contributed by atoms with E-state index in [1.54, 1.807) is 0 Å². The van der Waals surface area contributed by atoms with Crippen LogP contribution < -0.4 is 10.6 Å². The normalized spacial score (nSPS) is 27.8. The number of hydrogen-bond donors (Lipinski definition) is 3. The summed E-state index contributed by atoms with van der Waals surface area (Å²) in [5, 5.41) is 15.4. The predicted molar refractivity (Wildman–Crippen MR) is 86.8 cm³/mol. The second-order valence-electron chi connectivity index (χ2n) is 6.73. The molecule has 1 aromatic carbocycles. The number of carbonyl (C=O) groups is 1. The Labute approximate surface area is 132 Å². The number of urea groups is 1. The van der Waals surface area contributed by atoms with Gasteiger partial charge in [0.25, 0.3) is 0 Å². The van der Waals surface area contributed by atoms with Gasteiger partial charge in [0.2, 0.25) is 0 Å². The van der Waals surface area contributed by atoms with E-state index in [1.165, 1.54) is 11.1 Å². The highest BCUT2D eigenvalue weighted by molar-refractivity contribution is 5.74. The molecule has 0 saturated heterocycles. The largest absolute Gasteiger partial charge is 0.396 e. The molecular weight excluding hydrogens is 276 g/mol. The summed E-state index contributed by atoms with van der Waals surface area (Å²) in [6.07, 6.45) is 6.97. The summed E-state index contributed by atoms with van der Waals surface area (Å²) in [6, 6.07) is 8.98. The molecule has 22 heavy (non-hydrogen) atoms. The standard InChI is InChI=1S/C18H26N2O2/c21-12-13-5-8-16(9-6-13)19-18(22)20-17-10-7-14-3-1-2-4-15(14)11-17/h1-4,13,16-17,21H,5-12H2,(H2,19,20,22). The number of nitrogens with one attached hydrogen (secondary N) is 2. The van der Waals surface area contributed by atoms with Crippen molar-refractivity contribution in [3.63, 3.8) is 0 Å². The molecule has 0 radical (unpaired) electrons. The Balaban J connectivity index is 1.45. The number of amides is 2. The van der Waals surface area contributed by atoms with E-state index in [0.717, 1.165) is 44.9 Å². The molecular formula is C18H26N2O2. The van der Waals surface area contributed by atoms with E-state index in [9.17, 15) is 4.79 Å². The number of fused-ring (bicyclic) bond motifs is 1. The summed E-state index contributed by atoms with van der Waals surface area (Å²) in [7, 11) is 0. The maximum Gasteiger partial charge on any atom is 0.315 e. The molecule has 120 valence electrons. The molecule has 2 aliphatic carbocycles. The van der Waals surface area contributed by atoms with E-state index < -0.39 is 0 Å². The quantitative estimate of drug-likeness (QED) is 0.803. The van der Waals surface area contributed by atoms with Crippen molar-refractivity contribution >= 4 is 6.03 Å². The molecule has 1 saturated carbocycles. The first-order valence-electron chi connectivity index (χ1n) is 8.49. The molecule has 4 nitrogen and oxygen atoms in total. The molecule has 3 N–H and O–H groups in total. The maximum absolute atomic E-state index is 12.2. The minimum absolute atomic E-state index is 0.0307. The van der Waals surface area contributed by atoms with E-state index in [2.05, 4.69) is 34.9 Å². The highest BCUT2D eigenvalue weighted by atomic mass is 16.3. The molecule has 1 aromatic rings. The van der Waals surface area contributed by atoms with Gasteiger partial charge < -0.3 is 15.7 Å². The van der Waals surface area contributed by atoms with Crippen LogP contribution in [0.15, 0.2) is 24.3 Å². The Kier molecular flexibility index (Phi) is 4.98. The van der Waals surface area contributed by atoms with Crippen LogP contribution in [0.1, 0.15) is 43.2 Å². The van der Waals surface area contributed by atoms with Gasteiger partial charge in [0.05, 0.1) is 0 Å². The first-order valence-corrected chi connectivity index (χ1v) is 8.49. The molecule has 0 spiro atoms. The van der Waals surface area contributed by atoms with Crippen LogP contribution in [0.25, 0.3) is 0 Å². The maximum atomic E-state index is 12.2. The minimum Gasteiger partial charge on any atom is -0.396 e. The summed E-state index contributed by atoms with van der Waals surface area (Å²) < 4.78 is 0. The van der Waals surface area contributed by atoms with Crippen LogP contribution in [-0.2, 0) is 12.8 Å². The SMILES string of the molecule is O=C(NC1CCC(CO)CC1)NC1CCc2ccccc2C1. The number of aliphatic hydroxyl groups is 1. The number of carbonyl (C=O) groups excluding carboxylic acids is 1. The Hall–Kier alpha value is -1.55. The summed E-state index contributed by atoms with van der Waals surface area (Å²) in [5.74, 6) is 0.427. The van der Waals surface area contributed by atoms with E-state index in [-0.39, 0.29) is 24.7 Å². The van der Waals surface area contributed by atoms with Crippen LogP contribution >= 0.6 is 0 Å². The molecule has 0 bridgehead atoms. The molecule has 2 amide bonds. The average Bonchev–Trinajstić information content (AvgIpc) is 2.55. The third kappa shape index (κ3) is 3.80. The van der Waals surface area contributed by atoms with Gasteiger partial charge in [-0.3, -0.25) is 0 Å². The number of benzene rings is 1. The van der Waals surface area contributed by atoms with Gasteiger partial charge in [-0.25, -0.2) is 4.79 Å². The average molecular weight is 302 g/mol. The number of aliphatic hydroxyl groups excluding tert-OH is 1. The van der Waals surface area contributed by atoms with Gasteiger partial charge in [-0.2, -0.15) is 0 Å². The predicted octanol–water partition coefficient (Wildman–Crippen LogP) is 2.39. The topological polar surface area (TPSA) is 61.4 Å². The number of hydrogen-bond acceptors (Lipinski definition) is 2. The fourth-order valence-corrected chi connectivity index (χ4v) is 3.72. The van der Waals surface area contributed by atoms with Crippen LogP contribution in [0.2, 0.25) is 0 Å².